The van der Waals surface area contributed by atoms with Crippen LogP contribution in [0.1, 0.15) is 34.2 Å². The lowest BCUT2D eigenvalue weighted by atomic mass is 10.1. The van der Waals surface area contributed by atoms with Crippen LogP contribution in [0.5, 0.6) is 0 Å². The van der Waals surface area contributed by atoms with E-state index in [4.69, 9.17) is 11.6 Å². The third kappa shape index (κ3) is 5.05. The molecule has 5 nitrogen and oxygen atoms in total. The lowest BCUT2D eigenvalue weighted by Gasteiger charge is -2.10. The number of nitrogens with one attached hydrogen (secondary N) is 2. The zero-order chi connectivity index (χ0) is 19.2. The van der Waals surface area contributed by atoms with Crippen molar-refractivity contribution in [2.75, 3.05) is 5.32 Å². The Morgan fingerprint density at radius 1 is 1.07 bits per heavy atom. The Bertz CT molecular complexity index is 941. The number of hydrogen-bond acceptors (Lipinski definition) is 4. The maximum Gasteiger partial charge on any atom is 0.270 e. The van der Waals surface area contributed by atoms with E-state index in [-0.39, 0.29) is 5.91 Å². The first-order chi connectivity index (χ1) is 13.0. The topological polar surface area (TPSA) is 66.9 Å². The predicted molar refractivity (Wildman–Crippen MR) is 108 cm³/mol. The molecule has 0 aliphatic rings. The van der Waals surface area contributed by atoms with Crippen molar-refractivity contribution in [1.29, 1.82) is 0 Å². The Balaban J connectivity index is 1.72. The molecule has 1 aromatic heterocycles. The zero-order valence-corrected chi connectivity index (χ0v) is 16.0. The summed E-state index contributed by atoms with van der Waals surface area (Å²) in [5, 5.41) is 6.62. The van der Waals surface area contributed by atoms with E-state index in [2.05, 4.69) is 39.7 Å². The lowest BCUT2D eigenvalue weighted by Crippen LogP contribution is -2.24. The van der Waals surface area contributed by atoms with Gasteiger partial charge in [-0.25, -0.2) is 9.97 Å². The van der Waals surface area contributed by atoms with E-state index >= 15 is 0 Å². The summed E-state index contributed by atoms with van der Waals surface area (Å²) in [6.45, 7) is 4.28. The molecule has 0 fully saturated rings. The van der Waals surface area contributed by atoms with Crippen molar-refractivity contribution in [2.45, 2.75) is 26.8 Å². The molecular formula is C21H21ClN4O. The summed E-state index contributed by atoms with van der Waals surface area (Å²) in [4.78, 5) is 21.2. The number of aromatic nitrogens is 2. The van der Waals surface area contributed by atoms with Gasteiger partial charge in [0.15, 0.2) is 0 Å². The summed E-state index contributed by atoms with van der Waals surface area (Å²) < 4.78 is 0. The van der Waals surface area contributed by atoms with Gasteiger partial charge in [0.1, 0.15) is 5.69 Å². The Labute approximate surface area is 163 Å². The number of hydrogen-bond donors (Lipinski definition) is 2. The molecular weight excluding hydrogens is 360 g/mol. The molecule has 6 heteroatoms. The summed E-state index contributed by atoms with van der Waals surface area (Å²) in [6.07, 6.45) is 0.983. The van der Waals surface area contributed by atoms with Crippen LogP contribution in [0.4, 0.5) is 11.6 Å². The van der Waals surface area contributed by atoms with E-state index in [1.54, 1.807) is 12.1 Å². The first kappa shape index (κ1) is 18.9. The van der Waals surface area contributed by atoms with E-state index < -0.39 is 0 Å². The average Bonchev–Trinajstić information content (AvgIpc) is 2.67. The largest absolute Gasteiger partial charge is 0.347 e. The minimum absolute atomic E-state index is 0.273. The van der Waals surface area contributed by atoms with E-state index in [0.29, 0.717) is 28.9 Å². The van der Waals surface area contributed by atoms with E-state index in [1.165, 1.54) is 5.56 Å². The standard InChI is InChI=1S/C21H21ClN4O/c1-3-15-8-10-17(11-9-15)25-21-24-14(2)12-19(26-21)20(27)23-13-16-6-4-5-7-18(16)22/h4-12H,3,13H2,1-2H3,(H,23,27)(H,24,25,26). The average molecular weight is 381 g/mol. The van der Waals surface area contributed by atoms with E-state index in [1.807, 2.05) is 37.3 Å². The van der Waals surface area contributed by atoms with Gasteiger partial charge in [0.25, 0.3) is 5.91 Å². The maximum atomic E-state index is 12.5. The molecule has 0 atom stereocenters. The third-order valence-electron chi connectivity index (χ3n) is 4.10. The molecule has 3 rings (SSSR count). The van der Waals surface area contributed by atoms with Crippen molar-refractivity contribution in [3.05, 3.63) is 82.1 Å². The van der Waals surface area contributed by atoms with Crippen molar-refractivity contribution in [3.8, 4) is 0 Å². The highest BCUT2D eigenvalue weighted by molar-refractivity contribution is 6.31. The first-order valence-electron chi connectivity index (χ1n) is 8.78. The van der Waals surface area contributed by atoms with Crippen LogP contribution in [-0.4, -0.2) is 15.9 Å². The number of carbonyl (C=O) groups excluding carboxylic acids is 1. The van der Waals surface area contributed by atoms with Gasteiger partial charge < -0.3 is 10.6 Å². The molecule has 0 saturated heterocycles. The van der Waals surface area contributed by atoms with Gasteiger partial charge in [-0.3, -0.25) is 4.79 Å². The van der Waals surface area contributed by atoms with Crippen LogP contribution in [0, 0.1) is 6.92 Å². The molecule has 138 valence electrons. The molecule has 27 heavy (non-hydrogen) atoms. The smallest absolute Gasteiger partial charge is 0.270 e. The quantitative estimate of drug-likeness (QED) is 0.651. The molecule has 3 aromatic rings. The number of aryl methyl sites for hydroxylation is 2. The van der Waals surface area contributed by atoms with Crippen molar-refractivity contribution in [1.82, 2.24) is 15.3 Å². The van der Waals surface area contributed by atoms with Gasteiger partial charge in [0, 0.05) is 22.9 Å². The number of nitrogens with zero attached hydrogens (tertiary/aromatic N) is 2. The van der Waals surface area contributed by atoms with Gasteiger partial charge in [-0.05, 0) is 48.7 Å². The van der Waals surface area contributed by atoms with Gasteiger partial charge in [-0.2, -0.15) is 0 Å². The molecule has 1 heterocycles. The second-order valence-electron chi connectivity index (χ2n) is 6.17. The first-order valence-corrected chi connectivity index (χ1v) is 9.16. The number of carbonyl (C=O) groups is 1. The third-order valence-corrected chi connectivity index (χ3v) is 4.47. The molecule has 0 aliphatic heterocycles. The predicted octanol–water partition coefficient (Wildman–Crippen LogP) is 4.67. The van der Waals surface area contributed by atoms with Crippen LogP contribution in [0.15, 0.2) is 54.6 Å². The molecule has 0 unspecified atom stereocenters. The molecule has 0 spiro atoms. The van der Waals surface area contributed by atoms with Crippen LogP contribution in [-0.2, 0) is 13.0 Å². The van der Waals surface area contributed by atoms with Crippen molar-refractivity contribution in [3.63, 3.8) is 0 Å². The molecule has 0 saturated carbocycles. The highest BCUT2D eigenvalue weighted by Crippen LogP contribution is 2.16. The van der Waals surface area contributed by atoms with Crippen molar-refractivity contribution in [2.24, 2.45) is 0 Å². The summed E-state index contributed by atoms with van der Waals surface area (Å²) >= 11 is 6.13. The summed E-state index contributed by atoms with van der Waals surface area (Å²) in [6, 6.07) is 17.1. The number of anilines is 2. The zero-order valence-electron chi connectivity index (χ0n) is 15.3. The number of rotatable bonds is 6. The molecule has 1 amide bonds. The van der Waals surface area contributed by atoms with Crippen LogP contribution in [0.2, 0.25) is 5.02 Å². The fourth-order valence-corrected chi connectivity index (χ4v) is 2.80. The van der Waals surface area contributed by atoms with Gasteiger partial charge in [-0.1, -0.05) is 48.9 Å². The normalized spacial score (nSPS) is 10.5. The minimum Gasteiger partial charge on any atom is -0.347 e. The number of halogens is 1. The van der Waals surface area contributed by atoms with Crippen molar-refractivity contribution >= 4 is 29.1 Å². The highest BCUT2D eigenvalue weighted by atomic mass is 35.5. The number of amides is 1. The Hall–Kier alpha value is -2.92. The monoisotopic (exact) mass is 380 g/mol. The van der Waals surface area contributed by atoms with E-state index in [0.717, 1.165) is 17.7 Å². The lowest BCUT2D eigenvalue weighted by molar-refractivity contribution is 0.0946. The van der Waals surface area contributed by atoms with Gasteiger partial charge in [0.05, 0.1) is 0 Å². The minimum atomic E-state index is -0.273. The second-order valence-corrected chi connectivity index (χ2v) is 6.57. The van der Waals surface area contributed by atoms with Gasteiger partial charge >= 0.3 is 0 Å². The molecule has 0 bridgehead atoms. The second kappa shape index (κ2) is 8.64. The van der Waals surface area contributed by atoms with Crippen LogP contribution in [0.3, 0.4) is 0 Å². The summed E-state index contributed by atoms with van der Waals surface area (Å²) in [5.41, 5.74) is 4.00. The van der Waals surface area contributed by atoms with Crippen molar-refractivity contribution < 1.29 is 4.79 Å². The van der Waals surface area contributed by atoms with Crippen LogP contribution >= 0.6 is 11.6 Å². The van der Waals surface area contributed by atoms with Gasteiger partial charge in [0.2, 0.25) is 5.95 Å². The SMILES string of the molecule is CCc1ccc(Nc2nc(C)cc(C(=O)NCc3ccccc3Cl)n2)cc1. The van der Waals surface area contributed by atoms with E-state index in [9.17, 15) is 4.79 Å². The van der Waals surface area contributed by atoms with Crippen LogP contribution in [0.25, 0.3) is 0 Å². The molecule has 2 aromatic carbocycles. The summed E-state index contributed by atoms with van der Waals surface area (Å²) in [5.74, 6) is 0.118. The summed E-state index contributed by atoms with van der Waals surface area (Å²) in [7, 11) is 0. The molecule has 0 aliphatic carbocycles. The van der Waals surface area contributed by atoms with Crippen LogP contribution < -0.4 is 10.6 Å². The highest BCUT2D eigenvalue weighted by Gasteiger charge is 2.11. The van der Waals surface area contributed by atoms with Gasteiger partial charge in [-0.15, -0.1) is 0 Å². The molecule has 2 N–H and O–H groups in total. The fourth-order valence-electron chi connectivity index (χ4n) is 2.60. The maximum absolute atomic E-state index is 12.5. The molecule has 0 radical (unpaired) electrons. The fraction of sp³-hybridized carbons (Fsp3) is 0.190. The number of benzene rings is 2. The Morgan fingerprint density at radius 3 is 2.52 bits per heavy atom. The Morgan fingerprint density at radius 2 is 1.81 bits per heavy atom. The Kier molecular flexibility index (Phi) is 6.04.